The van der Waals surface area contributed by atoms with E-state index in [9.17, 15) is 0 Å². The van der Waals surface area contributed by atoms with Gasteiger partial charge in [-0.05, 0) is 62.5 Å². The maximum Gasteiger partial charge on any atom is 0.0353 e. The molecule has 27 heavy (non-hydrogen) atoms. The molecule has 2 aliphatic carbocycles. The zero-order valence-electron chi connectivity index (χ0n) is 17.9. The third-order valence-corrected chi connectivity index (χ3v) is 6.51. The van der Waals surface area contributed by atoms with Crippen molar-refractivity contribution in [3.05, 3.63) is 59.7 Å². The molecule has 1 nitrogen and oxygen atoms in total. The zero-order valence-corrected chi connectivity index (χ0v) is 17.9. The van der Waals surface area contributed by atoms with Crippen LogP contribution in [0.25, 0.3) is 0 Å². The van der Waals surface area contributed by atoms with Crippen molar-refractivity contribution >= 4 is 0 Å². The van der Waals surface area contributed by atoms with Crippen LogP contribution in [-0.4, -0.2) is 5.54 Å². The summed E-state index contributed by atoms with van der Waals surface area (Å²) in [5.41, 5.74) is 3.11. The van der Waals surface area contributed by atoms with E-state index in [4.69, 9.17) is 0 Å². The predicted molar refractivity (Wildman–Crippen MR) is 117 cm³/mol. The Labute approximate surface area is 167 Å². The minimum atomic E-state index is 0.111. The minimum absolute atomic E-state index is 0.111. The molecule has 0 aliphatic heterocycles. The lowest BCUT2D eigenvalue weighted by Crippen LogP contribution is -2.43. The van der Waals surface area contributed by atoms with Crippen LogP contribution in [-0.2, 0) is 0 Å². The number of nitrogens with one attached hydrogen (secondary N) is 1. The molecule has 1 N–H and O–H groups in total. The first-order valence-corrected chi connectivity index (χ1v) is 11.1. The molecule has 1 saturated carbocycles. The van der Waals surface area contributed by atoms with Crippen molar-refractivity contribution in [1.82, 2.24) is 5.32 Å². The van der Waals surface area contributed by atoms with E-state index in [-0.39, 0.29) is 5.54 Å². The molecule has 0 saturated heterocycles. The molecule has 4 unspecified atom stereocenters. The molecule has 0 heterocycles. The van der Waals surface area contributed by atoms with Crippen molar-refractivity contribution in [1.29, 1.82) is 0 Å². The van der Waals surface area contributed by atoms with E-state index in [1.54, 1.807) is 5.56 Å². The smallest absolute Gasteiger partial charge is 0.0353 e. The molecule has 1 aromatic rings. The molecule has 0 spiro atoms. The number of hydrogen-bond donors (Lipinski definition) is 1. The SMILES string of the molecule is CC1C2CCCCCCC(C2)c2cccccccc(c2)C1NC(C)(C)C. The molecule has 148 valence electrons. The summed E-state index contributed by atoms with van der Waals surface area (Å²) in [4.78, 5) is 0. The van der Waals surface area contributed by atoms with Crippen LogP contribution in [0.5, 0.6) is 0 Å². The number of fused-ring (bicyclic) bond motifs is 5. The molecule has 1 heteroatoms. The van der Waals surface area contributed by atoms with Gasteiger partial charge in [0.2, 0.25) is 0 Å². The highest BCUT2D eigenvalue weighted by Crippen LogP contribution is 2.43. The summed E-state index contributed by atoms with van der Waals surface area (Å²) in [6.07, 6.45) is 9.70. The Morgan fingerprint density at radius 2 is 1.44 bits per heavy atom. The van der Waals surface area contributed by atoms with Crippen LogP contribution in [0.15, 0.2) is 48.5 Å². The second kappa shape index (κ2) is 9.24. The summed E-state index contributed by atoms with van der Waals surface area (Å²) < 4.78 is 0. The lowest BCUT2D eigenvalue weighted by Gasteiger charge is -2.39. The average molecular weight is 366 g/mol. The van der Waals surface area contributed by atoms with Gasteiger partial charge in [0.25, 0.3) is 0 Å². The normalized spacial score (nSPS) is 28.6. The maximum atomic E-state index is 3.98. The summed E-state index contributed by atoms with van der Waals surface area (Å²) in [6, 6.07) is 18.6. The van der Waals surface area contributed by atoms with E-state index < -0.39 is 0 Å². The molecule has 4 bridgehead atoms. The van der Waals surface area contributed by atoms with Crippen LogP contribution in [0.1, 0.15) is 95.7 Å². The first kappa shape index (κ1) is 20.4. The van der Waals surface area contributed by atoms with E-state index in [1.165, 1.54) is 50.5 Å². The fraction of sp³-hybridized carbons (Fsp3) is 0.615. The zero-order chi connectivity index (χ0) is 19.3. The van der Waals surface area contributed by atoms with E-state index >= 15 is 0 Å². The molecule has 1 aromatic carbocycles. The molecular weight excluding hydrogens is 326 g/mol. The van der Waals surface area contributed by atoms with Crippen molar-refractivity contribution in [2.24, 2.45) is 11.8 Å². The fourth-order valence-electron chi connectivity index (χ4n) is 5.05. The van der Waals surface area contributed by atoms with Gasteiger partial charge in [-0.3, -0.25) is 0 Å². The number of hydrogen-bond acceptors (Lipinski definition) is 1. The standard InChI is InChI=1S/C26H39N/c1-20-21-14-10-8-9-12-15-22(18-21)23-16-11-6-5-7-13-17-24(19-23)25(20)27-26(2,3)4/h5-7,11,13,16-17,19-22,25,27H,8-10,12,14-15,18H2,1-4H3. The Bertz CT molecular complexity index is 655. The van der Waals surface area contributed by atoms with Crippen LogP contribution in [0.2, 0.25) is 0 Å². The average Bonchev–Trinajstić information content (AvgIpc) is 2.74. The van der Waals surface area contributed by atoms with E-state index in [0.29, 0.717) is 17.9 Å². The third kappa shape index (κ3) is 5.82. The molecular formula is C26H39N. The molecule has 2 aliphatic rings. The first-order valence-electron chi connectivity index (χ1n) is 11.1. The van der Waals surface area contributed by atoms with Gasteiger partial charge in [0, 0.05) is 11.6 Å². The Balaban J connectivity index is 2.14. The summed E-state index contributed by atoms with van der Waals surface area (Å²) in [5, 5.41) is 3.98. The topological polar surface area (TPSA) is 12.0 Å². The van der Waals surface area contributed by atoms with Gasteiger partial charge in [0.15, 0.2) is 0 Å². The molecule has 1 fully saturated rings. The Morgan fingerprint density at radius 3 is 2.15 bits per heavy atom. The largest absolute Gasteiger partial charge is 0.305 e. The van der Waals surface area contributed by atoms with Gasteiger partial charge >= 0.3 is 0 Å². The van der Waals surface area contributed by atoms with Crippen LogP contribution >= 0.6 is 0 Å². The Hall–Kier alpha value is -1.34. The Kier molecular flexibility index (Phi) is 6.98. The lowest BCUT2D eigenvalue weighted by molar-refractivity contribution is 0.197. The van der Waals surface area contributed by atoms with Gasteiger partial charge in [0.05, 0.1) is 0 Å². The van der Waals surface area contributed by atoms with Crippen LogP contribution < -0.4 is 5.32 Å². The van der Waals surface area contributed by atoms with Gasteiger partial charge in [-0.15, -0.1) is 0 Å². The first-order chi connectivity index (χ1) is 12.9. The van der Waals surface area contributed by atoms with E-state index in [0.717, 1.165) is 5.92 Å². The maximum absolute atomic E-state index is 3.98. The second-order valence-electron chi connectivity index (χ2n) is 9.86. The summed E-state index contributed by atoms with van der Waals surface area (Å²) in [5.74, 6) is 2.17. The van der Waals surface area contributed by atoms with Crippen LogP contribution in [0.3, 0.4) is 0 Å². The lowest BCUT2D eigenvalue weighted by atomic mass is 9.72. The van der Waals surface area contributed by atoms with Crippen molar-refractivity contribution in [2.75, 3.05) is 0 Å². The summed E-state index contributed by atoms with van der Waals surface area (Å²) >= 11 is 0. The predicted octanol–water partition coefficient (Wildman–Crippen LogP) is 7.33. The van der Waals surface area contributed by atoms with Crippen molar-refractivity contribution in [2.45, 2.75) is 90.1 Å². The fourth-order valence-corrected chi connectivity index (χ4v) is 5.05. The van der Waals surface area contributed by atoms with Gasteiger partial charge in [-0.25, -0.2) is 0 Å². The highest BCUT2D eigenvalue weighted by atomic mass is 15.0. The minimum Gasteiger partial charge on any atom is -0.305 e. The molecule has 3 rings (SSSR count). The molecule has 0 aromatic heterocycles. The molecule has 0 amide bonds. The van der Waals surface area contributed by atoms with Crippen molar-refractivity contribution in [3.8, 4) is 0 Å². The monoisotopic (exact) mass is 365 g/mol. The third-order valence-electron chi connectivity index (χ3n) is 6.51. The highest BCUT2D eigenvalue weighted by Gasteiger charge is 2.33. The van der Waals surface area contributed by atoms with Gasteiger partial charge in [0.1, 0.15) is 0 Å². The van der Waals surface area contributed by atoms with Gasteiger partial charge in [-0.1, -0.05) is 87.6 Å². The van der Waals surface area contributed by atoms with Crippen LogP contribution in [0.4, 0.5) is 0 Å². The molecule has 0 radical (unpaired) electrons. The van der Waals surface area contributed by atoms with Gasteiger partial charge in [-0.2, -0.15) is 0 Å². The summed E-state index contributed by atoms with van der Waals surface area (Å²) in [7, 11) is 0. The van der Waals surface area contributed by atoms with Gasteiger partial charge < -0.3 is 5.32 Å². The Morgan fingerprint density at radius 1 is 0.815 bits per heavy atom. The molecule has 4 atom stereocenters. The summed E-state index contributed by atoms with van der Waals surface area (Å²) in [6.45, 7) is 9.40. The van der Waals surface area contributed by atoms with Crippen LogP contribution in [0, 0.1) is 11.8 Å². The van der Waals surface area contributed by atoms with Crippen molar-refractivity contribution < 1.29 is 0 Å². The second-order valence-corrected chi connectivity index (χ2v) is 9.86. The van der Waals surface area contributed by atoms with E-state index in [2.05, 4.69) is 81.5 Å². The van der Waals surface area contributed by atoms with E-state index in [1.807, 2.05) is 0 Å². The quantitative estimate of drug-likeness (QED) is 0.549. The number of rotatable bonds is 1. The van der Waals surface area contributed by atoms with Crippen molar-refractivity contribution in [3.63, 3.8) is 0 Å². The highest BCUT2D eigenvalue weighted by molar-refractivity contribution is 5.28.